The average Bonchev–Trinajstić information content (AvgIpc) is 2.27. The average molecular weight is 282 g/mol. The molecule has 0 amide bonds. The zero-order valence-electron chi connectivity index (χ0n) is 11.7. The van der Waals surface area contributed by atoms with Gasteiger partial charge in [-0.05, 0) is 50.5 Å². The maximum absolute atomic E-state index is 6.23. The Morgan fingerprint density at radius 1 is 1.17 bits per heavy atom. The van der Waals surface area contributed by atoms with Crippen LogP contribution in [0.2, 0.25) is 26.2 Å². The van der Waals surface area contributed by atoms with Crippen molar-refractivity contribution in [2.24, 2.45) is 0 Å². The van der Waals surface area contributed by atoms with Crippen LogP contribution in [-0.4, -0.2) is 22.9 Å². The maximum Gasteiger partial charge on any atom is 0.213 e. The highest BCUT2D eigenvalue weighted by Gasteiger charge is 2.31. The first kappa shape index (κ1) is 15.0. The van der Waals surface area contributed by atoms with Gasteiger partial charge in [-0.25, -0.2) is 0 Å². The highest BCUT2D eigenvalue weighted by Crippen LogP contribution is 2.18. The summed E-state index contributed by atoms with van der Waals surface area (Å²) in [5.74, 6) is 0.839. The van der Waals surface area contributed by atoms with Crippen LogP contribution in [0.25, 0.3) is 0 Å². The van der Waals surface area contributed by atoms with Crippen LogP contribution in [0.1, 0.15) is 0 Å². The molecule has 0 saturated carbocycles. The molecule has 0 atom stereocenters. The van der Waals surface area contributed by atoms with Crippen LogP contribution >= 0.6 is 0 Å². The fraction of sp³-hybridized carbons (Fsp3) is 0.385. The van der Waals surface area contributed by atoms with E-state index >= 15 is 0 Å². The first-order chi connectivity index (χ1) is 8.24. The number of nitrogen functional groups attached to an aromatic ring is 1. The predicted octanol–water partition coefficient (Wildman–Crippen LogP) is 3.34. The van der Waals surface area contributed by atoms with Gasteiger partial charge in [-0.3, -0.25) is 0 Å². The molecule has 0 saturated heterocycles. The molecule has 0 aliphatic carbocycles. The van der Waals surface area contributed by atoms with E-state index in [1.807, 2.05) is 30.0 Å². The van der Waals surface area contributed by atoms with E-state index in [0.717, 1.165) is 11.4 Å². The van der Waals surface area contributed by atoms with Crippen LogP contribution in [0, 0.1) is 0 Å². The van der Waals surface area contributed by atoms with Gasteiger partial charge in [0, 0.05) is 5.69 Å². The van der Waals surface area contributed by atoms with E-state index in [1.54, 1.807) is 0 Å². The SMILES string of the molecule is C=C[Si](C)(C)O[Si](C)(C)COc1ccc(N)cc1. The third-order valence-electron chi connectivity index (χ3n) is 2.50. The second-order valence-electron chi connectivity index (χ2n) is 5.53. The minimum absolute atomic E-state index is 0.640. The second-order valence-corrected chi connectivity index (χ2v) is 13.8. The van der Waals surface area contributed by atoms with Crippen molar-refractivity contribution in [3.05, 3.63) is 36.5 Å². The zero-order valence-corrected chi connectivity index (χ0v) is 13.7. The van der Waals surface area contributed by atoms with E-state index in [2.05, 4.69) is 32.8 Å². The van der Waals surface area contributed by atoms with E-state index in [-0.39, 0.29) is 0 Å². The summed E-state index contributed by atoms with van der Waals surface area (Å²) in [5.41, 5.74) is 8.34. The molecule has 5 heteroatoms. The molecule has 1 aromatic rings. The number of hydrogen-bond donors (Lipinski definition) is 1. The Balaban J connectivity index is 2.56. The summed E-state index contributed by atoms with van der Waals surface area (Å²) in [5, 5.41) is 0. The lowest BCUT2D eigenvalue weighted by Crippen LogP contribution is -2.47. The molecule has 3 nitrogen and oxygen atoms in total. The number of benzene rings is 1. The zero-order chi connectivity index (χ0) is 13.8. The van der Waals surface area contributed by atoms with Crippen LogP contribution in [0.5, 0.6) is 5.75 Å². The summed E-state index contributed by atoms with van der Waals surface area (Å²) in [6.07, 6.45) is 0.640. The van der Waals surface area contributed by atoms with Gasteiger partial charge in [0.05, 0.1) is 0 Å². The fourth-order valence-corrected chi connectivity index (χ4v) is 8.38. The van der Waals surface area contributed by atoms with Gasteiger partial charge in [-0.2, -0.15) is 0 Å². The second kappa shape index (κ2) is 5.73. The molecule has 2 N–H and O–H groups in total. The van der Waals surface area contributed by atoms with E-state index in [9.17, 15) is 0 Å². The highest BCUT2D eigenvalue weighted by molar-refractivity contribution is 6.87. The van der Waals surface area contributed by atoms with Gasteiger partial charge >= 0.3 is 0 Å². The molecule has 0 radical (unpaired) electrons. The number of rotatable bonds is 6. The maximum atomic E-state index is 6.23. The number of hydrogen-bond acceptors (Lipinski definition) is 3. The van der Waals surface area contributed by atoms with Gasteiger partial charge in [-0.15, -0.1) is 6.58 Å². The van der Waals surface area contributed by atoms with Gasteiger partial charge < -0.3 is 14.6 Å². The smallest absolute Gasteiger partial charge is 0.213 e. The van der Waals surface area contributed by atoms with Crippen LogP contribution in [0.15, 0.2) is 36.5 Å². The van der Waals surface area contributed by atoms with Crippen LogP contribution < -0.4 is 10.5 Å². The molecule has 0 unspecified atom stereocenters. The Kier molecular flexibility index (Phi) is 4.78. The Morgan fingerprint density at radius 3 is 2.22 bits per heavy atom. The third kappa shape index (κ3) is 5.07. The molecular weight excluding hydrogens is 258 g/mol. The molecule has 0 aliphatic heterocycles. The molecule has 0 heterocycles. The Bertz CT molecular complexity index is 402. The quantitative estimate of drug-likeness (QED) is 0.642. The van der Waals surface area contributed by atoms with Crippen LogP contribution in [0.4, 0.5) is 5.69 Å². The molecule has 1 aromatic carbocycles. The molecule has 0 aromatic heterocycles. The van der Waals surface area contributed by atoms with Crippen LogP contribution in [0.3, 0.4) is 0 Å². The lowest BCUT2D eigenvalue weighted by atomic mass is 10.3. The van der Waals surface area contributed by atoms with Crippen molar-refractivity contribution in [1.82, 2.24) is 0 Å². The topological polar surface area (TPSA) is 44.5 Å². The third-order valence-corrected chi connectivity index (χ3v) is 8.63. The molecule has 0 bridgehead atoms. The van der Waals surface area contributed by atoms with E-state index in [1.165, 1.54) is 0 Å². The number of nitrogens with two attached hydrogens (primary N) is 1. The van der Waals surface area contributed by atoms with Crippen LogP contribution in [-0.2, 0) is 4.12 Å². The summed E-state index contributed by atoms with van der Waals surface area (Å²) in [4.78, 5) is 0. The van der Waals surface area contributed by atoms with Crippen molar-refractivity contribution >= 4 is 22.3 Å². The Hall–Kier alpha value is -1.05. The van der Waals surface area contributed by atoms with Crippen molar-refractivity contribution in [1.29, 1.82) is 0 Å². The van der Waals surface area contributed by atoms with Gasteiger partial charge in [0.25, 0.3) is 0 Å². The van der Waals surface area contributed by atoms with E-state index in [0.29, 0.717) is 6.23 Å². The van der Waals surface area contributed by atoms with E-state index < -0.39 is 16.6 Å². The molecule has 18 heavy (non-hydrogen) atoms. The molecule has 100 valence electrons. The number of anilines is 1. The lowest BCUT2D eigenvalue weighted by molar-refractivity contribution is 0.352. The summed E-state index contributed by atoms with van der Waals surface area (Å²) in [6.45, 7) is 12.5. The summed E-state index contributed by atoms with van der Waals surface area (Å²) < 4.78 is 12.0. The van der Waals surface area contributed by atoms with Crippen molar-refractivity contribution in [2.75, 3.05) is 12.0 Å². The van der Waals surface area contributed by atoms with Gasteiger partial charge in [0.1, 0.15) is 12.0 Å². The predicted molar refractivity (Wildman–Crippen MR) is 82.6 cm³/mol. The normalized spacial score (nSPS) is 12.2. The lowest BCUT2D eigenvalue weighted by Gasteiger charge is -2.31. The van der Waals surface area contributed by atoms with Gasteiger partial charge in [-0.1, -0.05) is 5.70 Å². The van der Waals surface area contributed by atoms with Crippen molar-refractivity contribution in [2.45, 2.75) is 26.2 Å². The van der Waals surface area contributed by atoms with E-state index in [4.69, 9.17) is 14.6 Å². The molecule has 1 rings (SSSR count). The molecular formula is C13H23NO2Si2. The van der Waals surface area contributed by atoms with Crippen molar-refractivity contribution in [3.63, 3.8) is 0 Å². The minimum atomic E-state index is -1.82. The molecule has 0 spiro atoms. The Labute approximate surface area is 112 Å². The monoisotopic (exact) mass is 281 g/mol. The molecule has 0 fully saturated rings. The largest absolute Gasteiger partial charge is 0.494 e. The highest BCUT2D eigenvalue weighted by atomic mass is 28.4. The summed E-state index contributed by atoms with van der Waals surface area (Å²) in [6, 6.07) is 7.45. The first-order valence-corrected chi connectivity index (χ1v) is 12.2. The first-order valence-electron chi connectivity index (χ1n) is 6.06. The molecule has 0 aliphatic rings. The standard InChI is InChI=1S/C13H23NO2Si2/c1-6-17(2,3)16-18(4,5)11-15-13-9-7-12(14)8-10-13/h6-10H,1,11,14H2,2-5H3. The number of ether oxygens (including phenoxy) is 1. The minimum Gasteiger partial charge on any atom is -0.494 e. The fourth-order valence-electron chi connectivity index (χ4n) is 1.60. The summed E-state index contributed by atoms with van der Waals surface area (Å²) >= 11 is 0. The van der Waals surface area contributed by atoms with Gasteiger partial charge in [0.2, 0.25) is 8.32 Å². The summed E-state index contributed by atoms with van der Waals surface area (Å²) in [7, 11) is -3.55. The van der Waals surface area contributed by atoms with Gasteiger partial charge in [0.15, 0.2) is 8.32 Å². The van der Waals surface area contributed by atoms with Crippen molar-refractivity contribution in [3.8, 4) is 5.75 Å². The van der Waals surface area contributed by atoms with Crippen molar-refractivity contribution < 1.29 is 8.85 Å². The Morgan fingerprint density at radius 2 is 1.72 bits per heavy atom.